The molecule has 8 nitrogen and oxygen atoms in total. The van der Waals surface area contributed by atoms with Crippen LogP contribution in [0.2, 0.25) is 0 Å². The molecule has 3 atom stereocenters. The van der Waals surface area contributed by atoms with E-state index in [1.54, 1.807) is 0 Å². The van der Waals surface area contributed by atoms with Crippen LogP contribution >= 0.6 is 0 Å². The fourth-order valence-electron chi connectivity index (χ4n) is 5.97. The van der Waals surface area contributed by atoms with Crippen LogP contribution in [-0.2, 0) is 4.74 Å². The van der Waals surface area contributed by atoms with Crippen molar-refractivity contribution in [1.29, 1.82) is 0 Å². The Morgan fingerprint density at radius 3 is 2.67 bits per heavy atom. The molecule has 33 heavy (non-hydrogen) atoms. The van der Waals surface area contributed by atoms with Gasteiger partial charge in [0.1, 0.15) is 11.6 Å². The first-order valence-corrected chi connectivity index (χ1v) is 12.4. The largest absolute Gasteiger partial charge is 0.381 e. The average molecular weight is 448 g/mol. The second kappa shape index (κ2) is 8.91. The molecule has 8 heteroatoms. The monoisotopic (exact) mass is 447 g/mol. The molecule has 3 N–H and O–H groups in total. The molecular weight excluding hydrogens is 414 g/mol. The van der Waals surface area contributed by atoms with E-state index < -0.39 is 0 Å². The smallest absolute Gasteiger partial charge is 0.153 e. The number of pyridine rings is 2. The summed E-state index contributed by atoms with van der Waals surface area (Å²) in [6.45, 7) is 5.11. The van der Waals surface area contributed by atoms with Gasteiger partial charge in [0.25, 0.3) is 0 Å². The van der Waals surface area contributed by atoms with Gasteiger partial charge in [-0.25, -0.2) is 4.98 Å². The summed E-state index contributed by atoms with van der Waals surface area (Å²) < 4.78 is 5.57. The van der Waals surface area contributed by atoms with Crippen molar-refractivity contribution in [2.45, 2.75) is 63.6 Å². The molecule has 0 aromatic carbocycles. The van der Waals surface area contributed by atoms with Gasteiger partial charge in [0.05, 0.1) is 5.52 Å². The minimum absolute atomic E-state index is 0.437. The Morgan fingerprint density at radius 1 is 1.09 bits per heavy atom. The molecule has 0 amide bonds. The van der Waals surface area contributed by atoms with Gasteiger partial charge in [-0.2, -0.15) is 5.10 Å². The molecule has 0 saturated carbocycles. The van der Waals surface area contributed by atoms with E-state index in [2.05, 4.69) is 36.8 Å². The van der Waals surface area contributed by atoms with Gasteiger partial charge in [0.15, 0.2) is 5.82 Å². The maximum absolute atomic E-state index is 5.57. The summed E-state index contributed by atoms with van der Waals surface area (Å²) in [6, 6.07) is 9.86. The Kier molecular flexibility index (Phi) is 5.63. The third kappa shape index (κ3) is 4.42. The predicted molar refractivity (Wildman–Crippen MR) is 130 cm³/mol. The number of fused-ring (bicyclic) bond motifs is 3. The van der Waals surface area contributed by atoms with Crippen LogP contribution in [0.25, 0.3) is 10.9 Å². The predicted octanol–water partition coefficient (Wildman–Crippen LogP) is 4.24. The second-order valence-corrected chi connectivity index (χ2v) is 9.94. The number of nitrogens with one attached hydrogen (secondary N) is 3. The molecule has 3 saturated heterocycles. The zero-order valence-electron chi connectivity index (χ0n) is 19.3. The minimum Gasteiger partial charge on any atom is -0.381 e. The number of nitrogens with zero attached hydrogens (tertiary/aromatic N) is 4. The molecule has 2 bridgehead atoms. The minimum atomic E-state index is 0.437. The van der Waals surface area contributed by atoms with Crippen molar-refractivity contribution in [3.63, 3.8) is 0 Å². The number of hydrogen-bond acceptors (Lipinski definition) is 7. The van der Waals surface area contributed by atoms with E-state index in [0.717, 1.165) is 53.2 Å². The Labute approximate surface area is 194 Å². The molecule has 3 aromatic heterocycles. The van der Waals surface area contributed by atoms with Crippen molar-refractivity contribution in [3.05, 3.63) is 36.2 Å². The number of piperidine rings is 1. The maximum atomic E-state index is 5.57. The molecule has 3 aromatic rings. The van der Waals surface area contributed by atoms with Crippen molar-refractivity contribution in [1.82, 2.24) is 25.1 Å². The highest BCUT2D eigenvalue weighted by molar-refractivity contribution is 5.91. The molecule has 6 heterocycles. The Balaban J connectivity index is 1.19. The zero-order chi connectivity index (χ0) is 22.2. The summed E-state index contributed by atoms with van der Waals surface area (Å²) in [5, 5.41) is 15.5. The van der Waals surface area contributed by atoms with Crippen LogP contribution in [0, 0.1) is 12.8 Å². The van der Waals surface area contributed by atoms with Gasteiger partial charge in [-0.05, 0) is 63.5 Å². The fourth-order valence-corrected chi connectivity index (χ4v) is 5.97. The van der Waals surface area contributed by atoms with Crippen LogP contribution in [-0.4, -0.2) is 62.9 Å². The van der Waals surface area contributed by atoms with Crippen LogP contribution in [0.1, 0.15) is 44.2 Å². The molecule has 0 aliphatic carbocycles. The lowest BCUT2D eigenvalue weighted by Crippen LogP contribution is -2.49. The van der Waals surface area contributed by atoms with Crippen molar-refractivity contribution < 1.29 is 4.74 Å². The molecule has 6 rings (SSSR count). The van der Waals surface area contributed by atoms with Gasteiger partial charge >= 0.3 is 0 Å². The van der Waals surface area contributed by atoms with Crippen molar-refractivity contribution in [2.75, 3.05) is 30.4 Å². The van der Waals surface area contributed by atoms with Crippen molar-refractivity contribution in [3.8, 4) is 0 Å². The lowest BCUT2D eigenvalue weighted by atomic mass is 9.93. The number of hydrogen-bond donors (Lipinski definition) is 3. The summed E-state index contributed by atoms with van der Waals surface area (Å²) >= 11 is 0. The van der Waals surface area contributed by atoms with Gasteiger partial charge < -0.3 is 15.4 Å². The lowest BCUT2D eigenvalue weighted by molar-refractivity contribution is 0.0348. The number of ether oxygens (including phenoxy) is 1. The standard InChI is InChI=1S/C25H33N7O/c1-16-11-24(31-30-16)28-23-14-22-21(3-2-8-26-22)25(29-23)27-18-12-19-4-5-20(13-18)32(19)15-17-6-9-33-10-7-17/h2-3,8,11,14,17-20H,4-7,9-10,12-13,15H2,1H3,(H3,27,28,29,30,31)/t18?,19-,20+. The number of aromatic amines is 1. The van der Waals surface area contributed by atoms with E-state index in [0.29, 0.717) is 18.1 Å². The van der Waals surface area contributed by atoms with Gasteiger partial charge in [0.2, 0.25) is 0 Å². The fraction of sp³-hybridized carbons (Fsp3) is 0.560. The number of anilines is 3. The zero-order valence-corrected chi connectivity index (χ0v) is 19.3. The van der Waals surface area contributed by atoms with E-state index in [-0.39, 0.29) is 0 Å². The van der Waals surface area contributed by atoms with Crippen molar-refractivity contribution in [2.24, 2.45) is 5.92 Å². The molecule has 3 aliphatic rings. The van der Waals surface area contributed by atoms with E-state index in [9.17, 15) is 0 Å². The summed E-state index contributed by atoms with van der Waals surface area (Å²) in [7, 11) is 0. The van der Waals surface area contributed by atoms with Gasteiger partial charge in [-0.15, -0.1) is 0 Å². The second-order valence-electron chi connectivity index (χ2n) is 9.94. The summed E-state index contributed by atoms with van der Waals surface area (Å²) in [4.78, 5) is 12.4. The molecule has 0 spiro atoms. The highest BCUT2D eigenvalue weighted by atomic mass is 16.5. The van der Waals surface area contributed by atoms with E-state index in [4.69, 9.17) is 9.72 Å². The highest BCUT2D eigenvalue weighted by Gasteiger charge is 2.41. The Bertz CT molecular complexity index is 1100. The van der Waals surface area contributed by atoms with Crippen LogP contribution in [0.4, 0.5) is 17.5 Å². The molecule has 174 valence electrons. The van der Waals surface area contributed by atoms with Gasteiger partial charge in [-0.3, -0.25) is 15.0 Å². The van der Waals surface area contributed by atoms with E-state index >= 15 is 0 Å². The number of aryl methyl sites for hydroxylation is 1. The highest BCUT2D eigenvalue weighted by Crippen LogP contribution is 2.38. The van der Waals surface area contributed by atoms with Crippen LogP contribution in [0.15, 0.2) is 30.5 Å². The first kappa shape index (κ1) is 20.9. The summed E-state index contributed by atoms with van der Waals surface area (Å²) in [5.41, 5.74) is 1.95. The summed E-state index contributed by atoms with van der Waals surface area (Å²) in [6.07, 6.45) is 9.28. The SMILES string of the molecule is Cc1cc(Nc2cc3ncccc3c(NC3C[C@H]4CC[C@@H](C3)N4CC3CCOCC3)n2)n[nH]1. The number of aromatic nitrogens is 4. The first-order valence-electron chi connectivity index (χ1n) is 12.4. The molecule has 3 fully saturated rings. The van der Waals surface area contributed by atoms with E-state index in [1.165, 1.54) is 45.1 Å². The normalized spacial score (nSPS) is 26.0. The molecule has 3 aliphatic heterocycles. The Hall–Kier alpha value is -2.71. The topological polar surface area (TPSA) is 91.0 Å². The average Bonchev–Trinajstić information content (AvgIpc) is 3.33. The molecule has 0 radical (unpaired) electrons. The third-order valence-corrected chi connectivity index (χ3v) is 7.60. The number of rotatable bonds is 6. The lowest BCUT2D eigenvalue weighted by Gasteiger charge is -2.41. The molecular formula is C25H33N7O. The first-order chi connectivity index (χ1) is 16.2. The van der Waals surface area contributed by atoms with Crippen LogP contribution < -0.4 is 10.6 Å². The third-order valence-electron chi connectivity index (χ3n) is 7.60. The van der Waals surface area contributed by atoms with Crippen molar-refractivity contribution >= 4 is 28.4 Å². The van der Waals surface area contributed by atoms with Gasteiger partial charge in [0, 0.05) is 67.3 Å². The maximum Gasteiger partial charge on any atom is 0.153 e. The van der Waals surface area contributed by atoms with Crippen LogP contribution in [0.3, 0.4) is 0 Å². The van der Waals surface area contributed by atoms with Crippen LogP contribution in [0.5, 0.6) is 0 Å². The summed E-state index contributed by atoms with van der Waals surface area (Å²) in [5.74, 6) is 3.24. The Morgan fingerprint density at radius 2 is 1.91 bits per heavy atom. The van der Waals surface area contributed by atoms with Gasteiger partial charge in [-0.1, -0.05) is 0 Å². The molecule has 1 unspecified atom stereocenters. The quantitative estimate of drug-likeness (QED) is 0.521. The van der Waals surface area contributed by atoms with E-state index in [1.807, 2.05) is 31.3 Å². The number of H-pyrrole nitrogens is 1.